The third-order valence-electron chi connectivity index (χ3n) is 1.78. The first-order valence-electron chi connectivity index (χ1n) is 3.96. The van der Waals surface area contributed by atoms with Crippen LogP contribution in [0.25, 0.3) is 0 Å². The smallest absolute Gasteiger partial charge is 0.233 e. The van der Waals surface area contributed by atoms with Gasteiger partial charge in [-0.05, 0) is 12.5 Å². The largest absolute Gasteiger partial charge is 0.382 e. The molecule has 0 radical (unpaired) electrons. The van der Waals surface area contributed by atoms with Crippen LogP contribution in [0.2, 0.25) is 0 Å². The Morgan fingerprint density at radius 1 is 1.46 bits per heavy atom. The summed E-state index contributed by atoms with van der Waals surface area (Å²) in [7, 11) is 0. The van der Waals surface area contributed by atoms with E-state index in [0.717, 1.165) is 5.56 Å². The molecule has 0 heterocycles. The summed E-state index contributed by atoms with van der Waals surface area (Å²) >= 11 is 0. The van der Waals surface area contributed by atoms with Gasteiger partial charge in [0.2, 0.25) is 6.54 Å². The van der Waals surface area contributed by atoms with Crippen molar-refractivity contribution in [1.82, 2.24) is 0 Å². The van der Waals surface area contributed by atoms with Crippen molar-refractivity contribution in [3.05, 3.63) is 45.5 Å². The van der Waals surface area contributed by atoms with Crippen LogP contribution >= 0.6 is 0 Å². The average molecular weight is 181 g/mol. The van der Waals surface area contributed by atoms with Crippen LogP contribution in [0.3, 0.4) is 0 Å². The second-order valence-corrected chi connectivity index (χ2v) is 2.94. The molecule has 13 heavy (non-hydrogen) atoms. The standard InChI is InChI=1S/C9H11NO3/c1-7-2-4-8(5-3-7)9(11)6-10(12)13/h2-5,9,11H,6H2,1H3/t9-/m0/s1. The van der Waals surface area contributed by atoms with Gasteiger partial charge in [-0.15, -0.1) is 0 Å². The lowest BCUT2D eigenvalue weighted by molar-refractivity contribution is -0.491. The van der Waals surface area contributed by atoms with Crippen molar-refractivity contribution in [1.29, 1.82) is 0 Å². The van der Waals surface area contributed by atoms with E-state index in [1.54, 1.807) is 12.1 Å². The van der Waals surface area contributed by atoms with Gasteiger partial charge in [0, 0.05) is 4.92 Å². The molecule has 1 atom stereocenters. The van der Waals surface area contributed by atoms with Crippen molar-refractivity contribution >= 4 is 0 Å². The molecule has 0 saturated heterocycles. The normalized spacial score (nSPS) is 12.5. The molecule has 0 saturated carbocycles. The Balaban J connectivity index is 2.71. The number of hydrogen-bond acceptors (Lipinski definition) is 3. The number of aliphatic hydroxyl groups excluding tert-OH is 1. The van der Waals surface area contributed by atoms with Crippen LogP contribution in [0, 0.1) is 17.0 Å². The highest BCUT2D eigenvalue weighted by Crippen LogP contribution is 2.13. The van der Waals surface area contributed by atoms with Crippen LogP contribution in [0.15, 0.2) is 24.3 Å². The Morgan fingerprint density at radius 3 is 2.46 bits per heavy atom. The zero-order valence-electron chi connectivity index (χ0n) is 7.30. The number of benzene rings is 1. The van der Waals surface area contributed by atoms with E-state index in [2.05, 4.69) is 0 Å². The average Bonchev–Trinajstić information content (AvgIpc) is 2.04. The molecule has 4 nitrogen and oxygen atoms in total. The van der Waals surface area contributed by atoms with Crippen molar-refractivity contribution in [2.24, 2.45) is 0 Å². The molecule has 0 bridgehead atoms. The van der Waals surface area contributed by atoms with Gasteiger partial charge in [0.1, 0.15) is 6.10 Å². The summed E-state index contributed by atoms with van der Waals surface area (Å²) in [6.07, 6.45) is -1.00. The van der Waals surface area contributed by atoms with E-state index >= 15 is 0 Å². The number of aliphatic hydroxyl groups is 1. The first-order chi connectivity index (χ1) is 6.09. The van der Waals surface area contributed by atoms with Gasteiger partial charge in [-0.25, -0.2) is 0 Å². The van der Waals surface area contributed by atoms with E-state index in [1.807, 2.05) is 19.1 Å². The minimum Gasteiger partial charge on any atom is -0.382 e. The number of aryl methyl sites for hydroxylation is 1. The molecule has 0 fully saturated rings. The molecule has 0 aliphatic carbocycles. The van der Waals surface area contributed by atoms with Crippen LogP contribution in [0.4, 0.5) is 0 Å². The highest BCUT2D eigenvalue weighted by atomic mass is 16.6. The maximum absolute atomic E-state index is 10.1. The maximum atomic E-state index is 10.1. The van der Waals surface area contributed by atoms with Crippen LogP contribution in [-0.2, 0) is 0 Å². The topological polar surface area (TPSA) is 63.4 Å². The van der Waals surface area contributed by atoms with Gasteiger partial charge in [-0.2, -0.15) is 0 Å². The van der Waals surface area contributed by atoms with Crippen molar-refractivity contribution in [2.45, 2.75) is 13.0 Å². The van der Waals surface area contributed by atoms with E-state index in [-0.39, 0.29) is 0 Å². The quantitative estimate of drug-likeness (QED) is 0.564. The van der Waals surface area contributed by atoms with Crippen molar-refractivity contribution in [3.63, 3.8) is 0 Å². The molecule has 0 spiro atoms. The fourth-order valence-electron chi connectivity index (χ4n) is 1.04. The summed E-state index contributed by atoms with van der Waals surface area (Å²) in [5, 5.41) is 19.4. The summed E-state index contributed by atoms with van der Waals surface area (Å²) in [6, 6.07) is 7.03. The predicted octanol–water partition coefficient (Wildman–Crippen LogP) is 1.31. The van der Waals surface area contributed by atoms with Gasteiger partial charge >= 0.3 is 0 Å². The van der Waals surface area contributed by atoms with Crippen LogP contribution in [-0.4, -0.2) is 16.6 Å². The fourth-order valence-corrected chi connectivity index (χ4v) is 1.04. The molecule has 1 aromatic rings. The third kappa shape index (κ3) is 2.83. The first-order valence-corrected chi connectivity index (χ1v) is 3.96. The van der Waals surface area contributed by atoms with E-state index in [0.29, 0.717) is 5.56 Å². The Kier molecular flexibility index (Phi) is 2.97. The summed E-state index contributed by atoms with van der Waals surface area (Å²) in [5.41, 5.74) is 1.65. The third-order valence-corrected chi connectivity index (χ3v) is 1.78. The van der Waals surface area contributed by atoms with Crippen molar-refractivity contribution in [2.75, 3.05) is 6.54 Å². The molecule has 0 unspecified atom stereocenters. The molecule has 1 rings (SSSR count). The summed E-state index contributed by atoms with van der Waals surface area (Å²) < 4.78 is 0. The maximum Gasteiger partial charge on any atom is 0.233 e. The minimum atomic E-state index is -1.00. The molecule has 0 aliphatic rings. The van der Waals surface area contributed by atoms with Crippen LogP contribution in [0.5, 0.6) is 0 Å². The monoisotopic (exact) mass is 181 g/mol. The lowest BCUT2D eigenvalue weighted by Gasteiger charge is -2.05. The summed E-state index contributed by atoms with van der Waals surface area (Å²) in [5.74, 6) is 0. The van der Waals surface area contributed by atoms with Gasteiger partial charge in [0.05, 0.1) is 0 Å². The lowest BCUT2D eigenvalue weighted by Crippen LogP contribution is -2.11. The van der Waals surface area contributed by atoms with Gasteiger partial charge in [-0.3, -0.25) is 10.1 Å². The molecule has 0 aromatic heterocycles. The summed E-state index contributed by atoms with van der Waals surface area (Å²) in [6.45, 7) is 1.48. The van der Waals surface area contributed by atoms with E-state index in [9.17, 15) is 15.2 Å². The van der Waals surface area contributed by atoms with Crippen LogP contribution in [0.1, 0.15) is 17.2 Å². The van der Waals surface area contributed by atoms with Crippen molar-refractivity contribution < 1.29 is 10.0 Å². The fraction of sp³-hybridized carbons (Fsp3) is 0.333. The van der Waals surface area contributed by atoms with E-state index in [1.165, 1.54) is 0 Å². The lowest BCUT2D eigenvalue weighted by atomic mass is 10.1. The Hall–Kier alpha value is -1.42. The van der Waals surface area contributed by atoms with Crippen molar-refractivity contribution in [3.8, 4) is 0 Å². The summed E-state index contributed by atoms with van der Waals surface area (Å²) in [4.78, 5) is 9.57. The Labute approximate surface area is 76.0 Å². The molecular weight excluding hydrogens is 170 g/mol. The molecule has 70 valence electrons. The molecule has 0 aliphatic heterocycles. The molecule has 1 aromatic carbocycles. The van der Waals surface area contributed by atoms with Gasteiger partial charge < -0.3 is 5.11 Å². The van der Waals surface area contributed by atoms with Gasteiger partial charge in [0.25, 0.3) is 0 Å². The van der Waals surface area contributed by atoms with E-state index < -0.39 is 17.6 Å². The molecule has 4 heteroatoms. The molecule has 1 N–H and O–H groups in total. The van der Waals surface area contributed by atoms with E-state index in [4.69, 9.17) is 0 Å². The van der Waals surface area contributed by atoms with Gasteiger partial charge in [-0.1, -0.05) is 29.8 Å². The molecular formula is C9H11NO3. The Morgan fingerprint density at radius 2 is 2.00 bits per heavy atom. The number of nitro groups is 1. The number of rotatable bonds is 3. The van der Waals surface area contributed by atoms with Gasteiger partial charge in [0.15, 0.2) is 0 Å². The number of nitrogens with zero attached hydrogens (tertiary/aromatic N) is 1. The SMILES string of the molecule is Cc1ccc([C@@H](O)C[N+](=O)[O-])cc1. The second-order valence-electron chi connectivity index (χ2n) is 2.94. The zero-order valence-corrected chi connectivity index (χ0v) is 7.30. The minimum absolute atomic E-state index is 0.441. The van der Waals surface area contributed by atoms with Crippen LogP contribution < -0.4 is 0 Å². The first kappa shape index (κ1) is 9.67. The highest BCUT2D eigenvalue weighted by Gasteiger charge is 2.12. The number of hydrogen-bond donors (Lipinski definition) is 1. The second kappa shape index (κ2) is 4.00. The predicted molar refractivity (Wildman–Crippen MR) is 48.0 cm³/mol. The highest BCUT2D eigenvalue weighted by molar-refractivity contribution is 5.22. The Bertz CT molecular complexity index is 294. The molecule has 0 amide bonds. The zero-order chi connectivity index (χ0) is 9.84.